The lowest BCUT2D eigenvalue weighted by atomic mass is 9.93. The predicted octanol–water partition coefficient (Wildman–Crippen LogP) is 13.7. The second-order valence-electron chi connectivity index (χ2n) is 18.3. The smallest absolute Gasteiger partial charge is 0.270 e. The van der Waals surface area contributed by atoms with E-state index in [0.717, 1.165) is 107 Å². The van der Waals surface area contributed by atoms with Gasteiger partial charge in [-0.2, -0.15) is 0 Å². The van der Waals surface area contributed by atoms with Crippen LogP contribution in [0.15, 0.2) is 119 Å². The lowest BCUT2D eigenvalue weighted by molar-refractivity contribution is -0.384. The number of benzene rings is 3. The maximum absolute atomic E-state index is 11.1. The van der Waals surface area contributed by atoms with Crippen LogP contribution in [-0.2, 0) is 72.9 Å². The van der Waals surface area contributed by atoms with Crippen LogP contribution >= 0.6 is 22.7 Å². The van der Waals surface area contributed by atoms with Crippen LogP contribution in [0.5, 0.6) is 0 Å². The lowest BCUT2D eigenvalue weighted by Gasteiger charge is -2.22. The number of non-ortho nitro benzene ring substituents is 1. The molecule has 0 unspecified atom stereocenters. The number of para-hydroxylation sites is 1. The molecule has 0 fully saturated rings. The Balaban J connectivity index is 0.000000125. The van der Waals surface area contributed by atoms with E-state index in [0.29, 0.717) is 24.4 Å². The van der Waals surface area contributed by atoms with Crippen LogP contribution in [0.3, 0.4) is 0 Å². The van der Waals surface area contributed by atoms with Crippen LogP contribution in [0.1, 0.15) is 87.8 Å². The maximum atomic E-state index is 11.1. The van der Waals surface area contributed by atoms with E-state index in [-0.39, 0.29) is 12.3 Å². The molecule has 3 aliphatic rings. The molecule has 3 N–H and O–H groups in total. The Labute approximate surface area is 426 Å². The molecule has 0 saturated heterocycles. The number of nitro benzene ring substituents is 1. The number of nitro groups is 1. The second-order valence-corrected chi connectivity index (χ2v) is 20.4. The standard InChI is InChI=1S/C20H23N3OS.C18H17N3O4.C18H18N2OS/c1-23(2)14-9-10-19-17(12-14)20(16-7-3-4-8-18(16)21-19)22-24-13-15-6-5-11-25-15;22-21(23)12-7-8-17-15(10-12)18(14-5-1-2-6-16(14)19-17)20-25-11-13-4-3-9-24-13;1-3-9-16-14(7-1)18(15-8-2-4-10-17(15)19-16)20-21-12-13-6-5-11-22-13/h5-6,9-12H,3-4,7-8,13H2,1-2H3,(H,21,22);3-4,7-10H,1-2,5-6,11H2,(H,19,20);1,3,5-7,9,11H,2,4,8,10,12H2,(H,19,20). The highest BCUT2D eigenvalue weighted by atomic mass is 32.1. The van der Waals surface area contributed by atoms with Crippen molar-refractivity contribution in [1.82, 2.24) is 15.0 Å². The van der Waals surface area contributed by atoms with Crippen molar-refractivity contribution in [2.45, 2.75) is 96.9 Å². The van der Waals surface area contributed by atoms with E-state index in [2.05, 4.69) is 101 Å². The first-order valence-electron chi connectivity index (χ1n) is 24.7. The Morgan fingerprint density at radius 3 is 1.58 bits per heavy atom. The minimum absolute atomic E-state index is 0.0409. The van der Waals surface area contributed by atoms with Crippen molar-refractivity contribution < 1.29 is 23.9 Å². The molecule has 6 heterocycles. The first kappa shape index (κ1) is 48.7. The Kier molecular flexibility index (Phi) is 15.6. The van der Waals surface area contributed by atoms with Crippen LogP contribution in [0.4, 0.5) is 28.4 Å². The summed E-state index contributed by atoms with van der Waals surface area (Å²) in [5.74, 6) is 0.700. The average Bonchev–Trinajstić information content (AvgIpc) is 4.25. The Hall–Kier alpha value is -6.95. The molecule has 3 aliphatic carbocycles. The van der Waals surface area contributed by atoms with Crippen molar-refractivity contribution in [2.75, 3.05) is 35.4 Å². The Bertz CT molecular complexity index is 3270. The molecule has 12 rings (SSSR count). The van der Waals surface area contributed by atoms with E-state index in [4.69, 9.17) is 33.9 Å². The molecule has 16 heteroatoms. The number of pyridine rings is 3. The minimum Gasteiger partial charge on any atom is -0.467 e. The van der Waals surface area contributed by atoms with Gasteiger partial charge in [-0.1, -0.05) is 30.3 Å². The second kappa shape index (κ2) is 23.1. The predicted molar refractivity (Wildman–Crippen MR) is 289 cm³/mol. The Morgan fingerprint density at radius 2 is 1.07 bits per heavy atom. The van der Waals surface area contributed by atoms with Crippen LogP contribution in [0, 0.1) is 10.1 Å². The minimum atomic E-state index is -0.396. The number of anilines is 4. The number of rotatable bonds is 14. The van der Waals surface area contributed by atoms with Crippen molar-refractivity contribution in [2.24, 2.45) is 0 Å². The summed E-state index contributed by atoms with van der Waals surface area (Å²) in [5, 5.41) is 18.3. The molecule has 0 radical (unpaired) electrons. The van der Waals surface area contributed by atoms with E-state index in [9.17, 15) is 10.1 Å². The van der Waals surface area contributed by atoms with Gasteiger partial charge in [-0.15, -0.1) is 22.7 Å². The molecule has 0 spiro atoms. The van der Waals surface area contributed by atoms with Gasteiger partial charge >= 0.3 is 0 Å². The highest BCUT2D eigenvalue weighted by molar-refractivity contribution is 7.10. The molecule has 0 bridgehead atoms. The number of hydrogen-bond donors (Lipinski definition) is 3. The molecule has 0 saturated carbocycles. The average molecular weight is 1000 g/mol. The molecule has 370 valence electrons. The zero-order chi connectivity index (χ0) is 49.2. The summed E-state index contributed by atoms with van der Waals surface area (Å²) >= 11 is 3.43. The van der Waals surface area contributed by atoms with Crippen LogP contribution in [0.25, 0.3) is 32.7 Å². The summed E-state index contributed by atoms with van der Waals surface area (Å²) in [5.41, 5.74) is 23.7. The van der Waals surface area contributed by atoms with Gasteiger partial charge in [0, 0.05) is 74.9 Å². The first-order valence-corrected chi connectivity index (χ1v) is 26.5. The fraction of sp³-hybridized carbons (Fsp3) is 0.304. The van der Waals surface area contributed by atoms with Gasteiger partial charge in [0.2, 0.25) is 0 Å². The molecule has 0 amide bonds. The van der Waals surface area contributed by atoms with Crippen molar-refractivity contribution in [3.63, 3.8) is 0 Å². The largest absolute Gasteiger partial charge is 0.467 e. The van der Waals surface area contributed by atoms with Gasteiger partial charge < -0.3 is 9.32 Å². The maximum Gasteiger partial charge on any atom is 0.270 e. The first-order chi connectivity index (χ1) is 35.4. The fourth-order valence-electron chi connectivity index (χ4n) is 9.66. The molecule has 3 aromatic carbocycles. The molecule has 6 aromatic heterocycles. The van der Waals surface area contributed by atoms with Crippen molar-refractivity contribution in [1.29, 1.82) is 0 Å². The number of nitrogens with zero attached hydrogens (tertiary/aromatic N) is 5. The Morgan fingerprint density at radius 1 is 0.569 bits per heavy atom. The third-order valence-electron chi connectivity index (χ3n) is 13.3. The van der Waals surface area contributed by atoms with E-state index in [1.54, 1.807) is 47.1 Å². The molecule has 9 aromatic rings. The summed E-state index contributed by atoms with van der Waals surface area (Å²) < 4.78 is 5.26. The van der Waals surface area contributed by atoms with Crippen LogP contribution in [0.2, 0.25) is 0 Å². The van der Waals surface area contributed by atoms with Gasteiger partial charge in [0.15, 0.2) is 0 Å². The lowest BCUT2D eigenvalue weighted by Crippen LogP contribution is -2.13. The molecule has 14 nitrogen and oxygen atoms in total. The number of aromatic nitrogens is 3. The summed E-state index contributed by atoms with van der Waals surface area (Å²) in [6.07, 6.45) is 14.7. The van der Waals surface area contributed by atoms with Crippen LogP contribution in [-0.4, -0.2) is 34.0 Å². The topological polar surface area (TPSA) is 162 Å². The van der Waals surface area contributed by atoms with Gasteiger partial charge in [0.25, 0.3) is 5.69 Å². The molecule has 72 heavy (non-hydrogen) atoms. The van der Waals surface area contributed by atoms with Crippen molar-refractivity contribution in [3.05, 3.63) is 173 Å². The van der Waals surface area contributed by atoms with Gasteiger partial charge in [-0.3, -0.25) is 56.0 Å². The number of nitrogens with one attached hydrogen (secondary N) is 3. The fourth-order valence-corrected chi connectivity index (χ4v) is 10.9. The van der Waals surface area contributed by atoms with Crippen molar-refractivity contribution >= 4 is 83.8 Å². The van der Waals surface area contributed by atoms with Gasteiger partial charge in [0.05, 0.1) is 44.8 Å². The molecule has 0 aliphatic heterocycles. The summed E-state index contributed by atoms with van der Waals surface area (Å²) in [6.45, 7) is 1.42. The number of aryl methyl sites for hydroxylation is 3. The molecular formula is C56H58N8O6S2. The van der Waals surface area contributed by atoms with E-state index < -0.39 is 4.92 Å². The van der Waals surface area contributed by atoms with Crippen LogP contribution < -0.4 is 21.3 Å². The normalized spacial score (nSPS) is 13.8. The zero-order valence-electron chi connectivity index (χ0n) is 40.6. The third kappa shape index (κ3) is 11.4. The summed E-state index contributed by atoms with van der Waals surface area (Å²) in [4.78, 5) is 47.0. The van der Waals surface area contributed by atoms with Gasteiger partial charge in [0.1, 0.15) is 25.6 Å². The molecular weight excluding hydrogens is 945 g/mol. The third-order valence-corrected chi connectivity index (χ3v) is 15.0. The monoisotopic (exact) mass is 1000 g/mol. The van der Waals surface area contributed by atoms with Gasteiger partial charge in [-0.25, -0.2) is 0 Å². The molecule has 0 atom stereocenters. The van der Waals surface area contributed by atoms with Gasteiger partial charge in [-0.05, 0) is 159 Å². The SMILES string of the molecule is CN(C)c1ccc2nc3c(c(NOCc4cccs4)c2c1)CCCC3.O=[N+]([O-])c1ccc2nc3c(c(NOCc4ccco4)c2c1)CCCC3.c1csc(CONc2c3c(nc4ccccc24)CCCC3)c1. The highest BCUT2D eigenvalue weighted by Gasteiger charge is 2.22. The highest BCUT2D eigenvalue weighted by Crippen LogP contribution is 2.38. The summed E-state index contributed by atoms with van der Waals surface area (Å²) in [6, 6.07) is 31.4. The van der Waals surface area contributed by atoms with Crippen molar-refractivity contribution in [3.8, 4) is 0 Å². The van der Waals surface area contributed by atoms with E-state index in [1.807, 2.05) is 18.2 Å². The van der Waals surface area contributed by atoms with E-state index in [1.165, 1.54) is 69.7 Å². The quantitative estimate of drug-likeness (QED) is 0.0698. The number of thiophene rings is 2. The van der Waals surface area contributed by atoms with E-state index >= 15 is 0 Å². The summed E-state index contributed by atoms with van der Waals surface area (Å²) in [7, 11) is 4.13. The zero-order valence-corrected chi connectivity index (χ0v) is 42.2. The number of fused-ring (bicyclic) bond motifs is 6. The number of hydrogen-bond acceptors (Lipinski definition) is 15. The number of furan rings is 1.